The van der Waals surface area contributed by atoms with Crippen molar-refractivity contribution < 1.29 is 9.18 Å². The van der Waals surface area contributed by atoms with E-state index in [9.17, 15) is 9.18 Å². The largest absolute Gasteiger partial charge is 0.341 e. The molecule has 0 saturated carbocycles. The Bertz CT molecular complexity index is 909. The van der Waals surface area contributed by atoms with Gasteiger partial charge in [-0.15, -0.1) is 0 Å². The molecule has 0 aliphatic carbocycles. The topological polar surface area (TPSA) is 44.7 Å². The van der Waals surface area contributed by atoms with Crippen LogP contribution in [0.3, 0.4) is 0 Å². The highest BCUT2D eigenvalue weighted by molar-refractivity contribution is 5.97. The second kappa shape index (κ2) is 12.6. The first kappa shape index (κ1) is 24.2. The summed E-state index contributed by atoms with van der Waals surface area (Å²) in [6.45, 7) is 12.4. The van der Waals surface area contributed by atoms with E-state index in [1.165, 1.54) is 12.1 Å². The number of nitrogens with one attached hydrogen (secondary N) is 1. The summed E-state index contributed by atoms with van der Waals surface area (Å²) in [4.78, 5) is 19.0. The molecule has 2 aromatic carbocycles. The van der Waals surface area contributed by atoms with Crippen LogP contribution in [0.4, 0.5) is 10.1 Å². The fourth-order valence-corrected chi connectivity index (χ4v) is 3.18. The van der Waals surface area contributed by atoms with Gasteiger partial charge in [0.05, 0.1) is 6.54 Å². The highest BCUT2D eigenvalue weighted by atomic mass is 19.1. The average molecular weight is 422 g/mol. The van der Waals surface area contributed by atoms with E-state index in [1.807, 2.05) is 37.3 Å². The molecule has 1 N–H and O–H groups in total. The van der Waals surface area contributed by atoms with Crippen molar-refractivity contribution in [2.75, 3.05) is 25.0 Å². The average Bonchev–Trinajstić information content (AvgIpc) is 2.75. The van der Waals surface area contributed by atoms with Crippen LogP contribution >= 0.6 is 0 Å². The van der Waals surface area contributed by atoms with Crippen molar-refractivity contribution in [3.8, 4) is 0 Å². The van der Waals surface area contributed by atoms with Crippen molar-refractivity contribution >= 4 is 23.3 Å². The van der Waals surface area contributed by atoms with E-state index in [2.05, 4.69) is 35.6 Å². The monoisotopic (exact) mass is 421 g/mol. The van der Waals surface area contributed by atoms with Crippen molar-refractivity contribution in [2.45, 2.75) is 33.6 Å². The molecular formula is C26H32FN3O. The van der Waals surface area contributed by atoms with Gasteiger partial charge in [0.15, 0.2) is 5.78 Å². The Hall–Kier alpha value is -3.05. The number of rotatable bonds is 12. The molecule has 0 fully saturated rings. The number of halogens is 1. The fraction of sp³-hybridized carbons (Fsp3) is 0.308. The third-order valence-corrected chi connectivity index (χ3v) is 4.80. The number of ketones is 1. The minimum absolute atomic E-state index is 0.131. The Morgan fingerprint density at radius 2 is 1.61 bits per heavy atom. The molecule has 5 heteroatoms. The fourth-order valence-electron chi connectivity index (χ4n) is 3.18. The van der Waals surface area contributed by atoms with E-state index in [1.54, 1.807) is 18.3 Å². The number of allylic oxidation sites excluding steroid dienone is 2. The zero-order valence-electron chi connectivity index (χ0n) is 18.7. The number of Topliss-reactive ketones (excluding diaryl/α,β-unsaturated/α-hetero) is 1. The number of hydrogen-bond donors (Lipinski definition) is 1. The quantitative estimate of drug-likeness (QED) is 0.328. The molecule has 4 nitrogen and oxygen atoms in total. The van der Waals surface area contributed by atoms with Crippen molar-refractivity contribution in [1.82, 2.24) is 4.90 Å². The van der Waals surface area contributed by atoms with Crippen LogP contribution in [0.15, 0.2) is 72.0 Å². The van der Waals surface area contributed by atoms with Gasteiger partial charge in [-0.1, -0.05) is 32.6 Å². The van der Waals surface area contributed by atoms with Crippen LogP contribution in [-0.4, -0.2) is 36.5 Å². The zero-order chi connectivity index (χ0) is 22.6. The summed E-state index contributed by atoms with van der Waals surface area (Å²) in [6, 6.07) is 13.7. The molecule has 0 aliphatic rings. The second-order valence-corrected chi connectivity index (χ2v) is 7.48. The maximum absolute atomic E-state index is 13.0. The van der Waals surface area contributed by atoms with Crippen LogP contribution in [0.25, 0.3) is 5.57 Å². The maximum atomic E-state index is 13.0. The molecule has 164 valence electrons. The smallest absolute Gasteiger partial charge is 0.176 e. The van der Waals surface area contributed by atoms with Gasteiger partial charge in [0, 0.05) is 17.5 Å². The number of aliphatic imine (C=N–C) groups is 1. The number of hydrogen-bond acceptors (Lipinski definition) is 4. The van der Waals surface area contributed by atoms with Gasteiger partial charge in [0.25, 0.3) is 0 Å². The van der Waals surface area contributed by atoms with Gasteiger partial charge < -0.3 is 5.32 Å². The lowest BCUT2D eigenvalue weighted by atomic mass is 10.1. The summed E-state index contributed by atoms with van der Waals surface area (Å²) in [6.07, 6.45) is 5.58. The van der Waals surface area contributed by atoms with Crippen molar-refractivity contribution in [2.24, 2.45) is 4.99 Å². The van der Waals surface area contributed by atoms with Crippen LogP contribution in [-0.2, 0) is 0 Å². The van der Waals surface area contributed by atoms with E-state index >= 15 is 0 Å². The summed E-state index contributed by atoms with van der Waals surface area (Å²) < 4.78 is 13.0. The highest BCUT2D eigenvalue weighted by Gasteiger charge is 2.11. The first-order chi connectivity index (χ1) is 14.9. The van der Waals surface area contributed by atoms with Gasteiger partial charge in [0.2, 0.25) is 0 Å². The van der Waals surface area contributed by atoms with E-state index in [0.717, 1.165) is 42.8 Å². The predicted molar refractivity (Wildman–Crippen MR) is 129 cm³/mol. The Morgan fingerprint density at radius 1 is 1.03 bits per heavy atom. The van der Waals surface area contributed by atoms with Gasteiger partial charge in [-0.3, -0.25) is 9.69 Å². The molecule has 0 aromatic heterocycles. The lowest BCUT2D eigenvalue weighted by Gasteiger charge is -2.20. The second-order valence-electron chi connectivity index (χ2n) is 7.48. The normalized spacial score (nSPS) is 11.8. The van der Waals surface area contributed by atoms with E-state index in [0.29, 0.717) is 17.9 Å². The van der Waals surface area contributed by atoms with E-state index in [4.69, 9.17) is 0 Å². The van der Waals surface area contributed by atoms with E-state index < -0.39 is 0 Å². The van der Waals surface area contributed by atoms with Gasteiger partial charge in [-0.2, -0.15) is 0 Å². The first-order valence-electron chi connectivity index (χ1n) is 10.7. The molecule has 0 radical (unpaired) electrons. The van der Waals surface area contributed by atoms with Gasteiger partial charge in [-0.25, -0.2) is 9.38 Å². The molecule has 2 rings (SSSR count). The molecular weight excluding hydrogens is 389 g/mol. The highest BCUT2D eigenvalue weighted by Crippen LogP contribution is 2.15. The van der Waals surface area contributed by atoms with Crippen molar-refractivity contribution in [1.29, 1.82) is 0 Å². The SMILES string of the molecule is C=C(/N=C\C=C(/C)c1ccc(F)cc1)Nc1ccc(C(=O)CN(CCC)CCC)cc1. The number of carbonyl (C=O) groups is 1. The van der Waals surface area contributed by atoms with Crippen molar-refractivity contribution in [3.63, 3.8) is 0 Å². The number of carbonyl (C=O) groups excluding carboxylic acids is 1. The van der Waals surface area contributed by atoms with E-state index in [-0.39, 0.29) is 11.6 Å². The van der Waals surface area contributed by atoms with Crippen LogP contribution in [0, 0.1) is 5.82 Å². The van der Waals surface area contributed by atoms with Crippen LogP contribution in [0.5, 0.6) is 0 Å². The predicted octanol–water partition coefficient (Wildman–Crippen LogP) is 6.19. The lowest BCUT2D eigenvalue weighted by Crippen LogP contribution is -2.31. The van der Waals surface area contributed by atoms with Crippen LogP contribution < -0.4 is 5.32 Å². The molecule has 2 aromatic rings. The van der Waals surface area contributed by atoms with Gasteiger partial charge in [0.1, 0.15) is 11.6 Å². The standard InChI is InChI=1S/C26H32FN3O/c1-5-17-30(18-6-2)19-26(31)23-9-13-25(14-10-23)29-21(4)28-16-15-20(3)22-7-11-24(27)12-8-22/h7-16,29H,4-6,17-19H2,1-3H3/b20-15+,28-16-. The van der Waals surface area contributed by atoms with Gasteiger partial charge in [-0.05, 0) is 86.5 Å². The maximum Gasteiger partial charge on any atom is 0.176 e. The summed E-state index contributed by atoms with van der Waals surface area (Å²) in [5.41, 5.74) is 3.43. The molecule has 0 bridgehead atoms. The molecule has 0 unspecified atom stereocenters. The minimum Gasteiger partial charge on any atom is -0.341 e. The third kappa shape index (κ3) is 8.30. The van der Waals surface area contributed by atoms with Crippen LogP contribution in [0.1, 0.15) is 49.5 Å². The minimum atomic E-state index is -0.255. The molecule has 0 amide bonds. The molecule has 0 saturated heterocycles. The molecule has 0 spiro atoms. The number of nitrogens with zero attached hydrogens (tertiary/aromatic N) is 2. The Kier molecular flexibility index (Phi) is 9.85. The summed E-state index contributed by atoms with van der Waals surface area (Å²) >= 11 is 0. The number of anilines is 1. The van der Waals surface area contributed by atoms with Crippen molar-refractivity contribution in [3.05, 3.63) is 84.0 Å². The lowest BCUT2D eigenvalue weighted by molar-refractivity contribution is 0.0930. The Morgan fingerprint density at radius 3 is 2.19 bits per heavy atom. The summed E-state index contributed by atoms with van der Waals surface area (Å²) in [5.74, 6) is 0.362. The van der Waals surface area contributed by atoms with Crippen LogP contribution in [0.2, 0.25) is 0 Å². The zero-order valence-corrected chi connectivity index (χ0v) is 18.7. The number of benzene rings is 2. The molecule has 31 heavy (non-hydrogen) atoms. The molecule has 0 aliphatic heterocycles. The molecule has 0 heterocycles. The molecule has 0 atom stereocenters. The summed E-state index contributed by atoms with van der Waals surface area (Å²) in [5, 5.41) is 3.12. The third-order valence-electron chi connectivity index (χ3n) is 4.80. The Balaban J connectivity index is 1.90. The first-order valence-corrected chi connectivity index (χ1v) is 10.7. The Labute approximate surface area is 185 Å². The van der Waals surface area contributed by atoms with Gasteiger partial charge >= 0.3 is 0 Å². The summed E-state index contributed by atoms with van der Waals surface area (Å²) in [7, 11) is 0.